The lowest BCUT2D eigenvalue weighted by Crippen LogP contribution is -2.31. The average molecular weight is 422 g/mol. The van der Waals surface area contributed by atoms with Crippen molar-refractivity contribution < 1.29 is 26.8 Å². The Kier molecular flexibility index (Phi) is 6.00. The van der Waals surface area contributed by atoms with E-state index in [9.17, 15) is 26.8 Å². The van der Waals surface area contributed by atoms with Crippen LogP contribution in [0.1, 0.15) is 34.1 Å². The smallest absolute Gasteiger partial charge is 0.268 e. The normalized spacial score (nSPS) is 11.3. The zero-order valence-corrected chi connectivity index (χ0v) is 15.5. The van der Waals surface area contributed by atoms with Gasteiger partial charge in [0.2, 0.25) is 0 Å². The molecule has 2 rings (SSSR count). The van der Waals surface area contributed by atoms with Crippen LogP contribution < -0.4 is 4.72 Å². The number of amides is 1. The summed E-state index contributed by atoms with van der Waals surface area (Å²) in [5.41, 5.74) is -0.777. The van der Waals surface area contributed by atoms with Gasteiger partial charge < -0.3 is 0 Å². The minimum absolute atomic E-state index is 0.0773. The predicted octanol–water partition coefficient (Wildman–Crippen LogP) is 3.98. The Morgan fingerprint density at radius 3 is 2.31 bits per heavy atom. The molecule has 5 nitrogen and oxygen atoms in total. The second kappa shape index (κ2) is 7.69. The van der Waals surface area contributed by atoms with Gasteiger partial charge in [-0.1, -0.05) is 30.1 Å². The fraction of sp³-hybridized carbons (Fsp3) is 0.125. The topological polar surface area (TPSA) is 80.3 Å². The maximum atomic E-state index is 13.8. The van der Waals surface area contributed by atoms with Gasteiger partial charge in [-0.25, -0.2) is 21.9 Å². The lowest BCUT2D eigenvalue weighted by Gasteiger charge is -2.10. The van der Waals surface area contributed by atoms with Gasteiger partial charge >= 0.3 is 0 Å². The Labute approximate surface area is 158 Å². The molecule has 0 aliphatic carbocycles. The summed E-state index contributed by atoms with van der Waals surface area (Å²) in [5, 5.41) is -0.809. The zero-order chi connectivity index (χ0) is 19.6. The number of carbonyl (C=O) groups is 2. The van der Waals surface area contributed by atoms with Gasteiger partial charge in [-0.2, -0.15) is 0 Å². The average Bonchev–Trinajstić information content (AvgIpc) is 2.57. The summed E-state index contributed by atoms with van der Waals surface area (Å²) in [6.07, 6.45) is 0.128. The molecule has 0 saturated carbocycles. The van der Waals surface area contributed by atoms with E-state index in [0.717, 1.165) is 6.07 Å². The van der Waals surface area contributed by atoms with E-state index >= 15 is 0 Å². The van der Waals surface area contributed by atoms with Gasteiger partial charge in [0.05, 0.1) is 15.6 Å². The first-order chi connectivity index (χ1) is 12.1. The molecule has 0 spiro atoms. The number of hydrogen-bond acceptors (Lipinski definition) is 4. The number of rotatable bonds is 5. The Morgan fingerprint density at radius 1 is 1.04 bits per heavy atom. The fourth-order valence-electron chi connectivity index (χ4n) is 2.02. The van der Waals surface area contributed by atoms with Crippen LogP contribution in [0.5, 0.6) is 0 Å². The van der Waals surface area contributed by atoms with Gasteiger partial charge in [-0.15, -0.1) is 0 Å². The number of Topliss-reactive ketones (excluding diaryl/α,β-unsaturated/α-hetero) is 1. The maximum Gasteiger partial charge on any atom is 0.268 e. The SMILES string of the molecule is CCC(=O)c1ccc(Cl)c(S(=O)(=O)NC(=O)c2cc(F)c(Cl)cc2F)c1. The van der Waals surface area contributed by atoms with Crippen LogP contribution in [0.25, 0.3) is 0 Å². The van der Waals surface area contributed by atoms with E-state index in [1.54, 1.807) is 11.6 Å². The van der Waals surface area contributed by atoms with E-state index in [2.05, 4.69) is 0 Å². The predicted molar refractivity (Wildman–Crippen MR) is 92.1 cm³/mol. The summed E-state index contributed by atoms with van der Waals surface area (Å²) in [5.74, 6) is -4.05. The first-order valence-corrected chi connectivity index (χ1v) is 9.35. The standard InChI is InChI=1S/C16H11Cl2F2NO4S/c1-2-14(22)8-3-4-10(17)15(5-8)26(24,25)21-16(23)9-6-13(20)11(18)7-12(9)19/h3-7H,2H2,1H3,(H,21,23). The van der Waals surface area contributed by atoms with Crippen LogP contribution in [0.15, 0.2) is 35.2 Å². The van der Waals surface area contributed by atoms with Gasteiger partial charge in [-0.3, -0.25) is 9.59 Å². The van der Waals surface area contributed by atoms with Crippen molar-refractivity contribution in [2.75, 3.05) is 0 Å². The second-order valence-electron chi connectivity index (χ2n) is 5.10. The molecular weight excluding hydrogens is 411 g/mol. The second-order valence-corrected chi connectivity index (χ2v) is 7.57. The van der Waals surface area contributed by atoms with Crippen LogP contribution >= 0.6 is 23.2 Å². The van der Waals surface area contributed by atoms with Crippen LogP contribution in [-0.4, -0.2) is 20.1 Å². The zero-order valence-electron chi connectivity index (χ0n) is 13.1. The van der Waals surface area contributed by atoms with E-state index in [1.165, 1.54) is 12.1 Å². The number of ketones is 1. The van der Waals surface area contributed by atoms with Gasteiger partial charge in [0, 0.05) is 12.0 Å². The summed E-state index contributed by atoms with van der Waals surface area (Å²) < 4.78 is 53.6. The van der Waals surface area contributed by atoms with Gasteiger partial charge in [0.15, 0.2) is 5.78 Å². The maximum absolute atomic E-state index is 13.8. The van der Waals surface area contributed by atoms with Crippen molar-refractivity contribution in [3.05, 3.63) is 63.1 Å². The highest BCUT2D eigenvalue weighted by Gasteiger charge is 2.25. The summed E-state index contributed by atoms with van der Waals surface area (Å²) >= 11 is 11.2. The third kappa shape index (κ3) is 4.20. The Morgan fingerprint density at radius 2 is 1.69 bits per heavy atom. The third-order valence-corrected chi connectivity index (χ3v) is 5.45. The largest absolute Gasteiger partial charge is 0.294 e. The molecule has 0 saturated heterocycles. The molecule has 2 aromatic rings. The van der Waals surface area contributed by atoms with Crippen molar-refractivity contribution >= 4 is 44.9 Å². The number of nitrogens with one attached hydrogen (secondary N) is 1. The van der Waals surface area contributed by atoms with Crippen LogP contribution in [0.3, 0.4) is 0 Å². The highest BCUT2D eigenvalue weighted by Crippen LogP contribution is 2.24. The summed E-state index contributed by atoms with van der Waals surface area (Å²) in [6.45, 7) is 1.59. The van der Waals surface area contributed by atoms with E-state index in [4.69, 9.17) is 23.2 Å². The number of sulfonamides is 1. The Balaban J connectivity index is 2.42. The molecule has 0 aromatic heterocycles. The molecule has 2 aromatic carbocycles. The molecule has 1 N–H and O–H groups in total. The molecule has 10 heteroatoms. The monoisotopic (exact) mass is 421 g/mol. The lowest BCUT2D eigenvalue weighted by atomic mass is 10.1. The lowest BCUT2D eigenvalue weighted by molar-refractivity contribution is 0.0973. The highest BCUT2D eigenvalue weighted by atomic mass is 35.5. The quantitative estimate of drug-likeness (QED) is 0.584. The van der Waals surface area contributed by atoms with Gasteiger partial charge in [-0.05, 0) is 30.3 Å². The molecule has 0 heterocycles. The van der Waals surface area contributed by atoms with Crippen LogP contribution in [0.4, 0.5) is 8.78 Å². The first kappa shape index (κ1) is 20.3. The van der Waals surface area contributed by atoms with E-state index in [-0.39, 0.29) is 22.8 Å². The summed E-state index contributed by atoms with van der Waals surface area (Å²) in [4.78, 5) is 23.2. The molecule has 0 atom stereocenters. The molecule has 0 aliphatic heterocycles. The van der Waals surface area contributed by atoms with Crippen LogP contribution in [-0.2, 0) is 10.0 Å². The fourth-order valence-corrected chi connectivity index (χ4v) is 3.66. The van der Waals surface area contributed by atoms with Crippen molar-refractivity contribution in [1.29, 1.82) is 0 Å². The Hall–Kier alpha value is -2.03. The molecule has 0 aliphatic rings. The molecule has 0 radical (unpaired) electrons. The number of hydrogen-bond donors (Lipinski definition) is 1. The molecule has 0 fully saturated rings. The van der Waals surface area contributed by atoms with Crippen LogP contribution in [0, 0.1) is 11.6 Å². The van der Waals surface area contributed by atoms with E-state index in [1.807, 2.05) is 0 Å². The van der Waals surface area contributed by atoms with E-state index < -0.39 is 43.0 Å². The van der Waals surface area contributed by atoms with Gasteiger partial charge in [0.1, 0.15) is 16.5 Å². The molecule has 1 amide bonds. The molecule has 138 valence electrons. The molecule has 0 unspecified atom stereocenters. The van der Waals surface area contributed by atoms with Gasteiger partial charge in [0.25, 0.3) is 15.9 Å². The number of halogens is 4. The molecular formula is C16H11Cl2F2NO4S. The minimum atomic E-state index is -4.55. The van der Waals surface area contributed by atoms with Crippen molar-refractivity contribution in [3.8, 4) is 0 Å². The first-order valence-electron chi connectivity index (χ1n) is 7.11. The Bertz CT molecular complexity index is 1010. The van der Waals surface area contributed by atoms with Crippen molar-refractivity contribution in [2.24, 2.45) is 0 Å². The van der Waals surface area contributed by atoms with E-state index in [0.29, 0.717) is 12.1 Å². The minimum Gasteiger partial charge on any atom is -0.294 e. The number of carbonyl (C=O) groups excluding carboxylic acids is 2. The molecule has 0 bridgehead atoms. The molecule has 26 heavy (non-hydrogen) atoms. The van der Waals surface area contributed by atoms with Crippen molar-refractivity contribution in [1.82, 2.24) is 4.72 Å². The number of benzene rings is 2. The van der Waals surface area contributed by atoms with Crippen molar-refractivity contribution in [3.63, 3.8) is 0 Å². The highest BCUT2D eigenvalue weighted by molar-refractivity contribution is 7.90. The summed E-state index contributed by atoms with van der Waals surface area (Å²) in [6, 6.07) is 4.55. The van der Waals surface area contributed by atoms with Crippen molar-refractivity contribution in [2.45, 2.75) is 18.2 Å². The third-order valence-electron chi connectivity index (χ3n) is 3.35. The summed E-state index contributed by atoms with van der Waals surface area (Å²) in [7, 11) is -4.55. The van der Waals surface area contributed by atoms with Crippen LogP contribution in [0.2, 0.25) is 10.0 Å².